The zero-order valence-electron chi connectivity index (χ0n) is 10.2. The summed E-state index contributed by atoms with van der Waals surface area (Å²) in [4.78, 5) is 0. The van der Waals surface area contributed by atoms with Crippen molar-refractivity contribution in [1.82, 2.24) is 0 Å². The van der Waals surface area contributed by atoms with E-state index in [2.05, 4.69) is 36.9 Å². The first-order valence-electron chi connectivity index (χ1n) is 6.40. The molecule has 1 saturated carbocycles. The van der Waals surface area contributed by atoms with Crippen molar-refractivity contribution in [3.63, 3.8) is 0 Å². The van der Waals surface area contributed by atoms with Gasteiger partial charge in [0.25, 0.3) is 0 Å². The monoisotopic (exact) mass is 228 g/mol. The molecule has 0 radical (unpaired) electrons. The lowest BCUT2D eigenvalue weighted by Crippen LogP contribution is -2.24. The summed E-state index contributed by atoms with van der Waals surface area (Å²) in [7, 11) is 0. The van der Waals surface area contributed by atoms with Gasteiger partial charge in [0.15, 0.2) is 0 Å². The second kappa shape index (κ2) is 6.29. The Morgan fingerprint density at radius 2 is 1.88 bits per heavy atom. The molecule has 1 heteroatoms. The third-order valence-electron chi connectivity index (χ3n) is 3.40. The lowest BCUT2D eigenvalue weighted by molar-refractivity contribution is 0.0848. The molecule has 17 heavy (non-hydrogen) atoms. The molecular weight excluding hydrogens is 208 g/mol. The molecule has 0 bridgehead atoms. The number of ether oxygens (including phenoxy) is 1. The lowest BCUT2D eigenvalue weighted by atomic mass is 9.81. The van der Waals surface area contributed by atoms with Crippen LogP contribution in [0.4, 0.5) is 0 Å². The maximum atomic E-state index is 5.84. The highest BCUT2D eigenvalue weighted by atomic mass is 16.5. The molecule has 0 amide bonds. The van der Waals surface area contributed by atoms with E-state index in [0.29, 0.717) is 12.0 Å². The van der Waals surface area contributed by atoms with Crippen LogP contribution in [0.25, 0.3) is 0 Å². The standard InChI is InChI=1S/C16H20O/c1-2-3-13-17-16-12-8-7-11-15(16)14-9-5-4-6-10-14/h2-6,9-10,13,15-16H,1,7-8,11-12H2/b13-3-/t15-,16+/m1/s1. The van der Waals surface area contributed by atoms with Gasteiger partial charge in [0.2, 0.25) is 0 Å². The lowest BCUT2D eigenvalue weighted by Gasteiger charge is -2.31. The van der Waals surface area contributed by atoms with E-state index in [4.69, 9.17) is 4.74 Å². The van der Waals surface area contributed by atoms with Crippen LogP contribution < -0.4 is 0 Å². The summed E-state index contributed by atoms with van der Waals surface area (Å²) in [6.45, 7) is 3.65. The highest BCUT2D eigenvalue weighted by molar-refractivity contribution is 5.21. The molecule has 1 nitrogen and oxygen atoms in total. The van der Waals surface area contributed by atoms with Gasteiger partial charge in [-0.2, -0.15) is 0 Å². The Morgan fingerprint density at radius 1 is 1.12 bits per heavy atom. The first-order chi connectivity index (χ1) is 8.42. The molecule has 0 aromatic heterocycles. The van der Waals surface area contributed by atoms with E-state index in [-0.39, 0.29) is 0 Å². The van der Waals surface area contributed by atoms with Gasteiger partial charge in [0.1, 0.15) is 6.10 Å². The van der Waals surface area contributed by atoms with Crippen LogP contribution in [0.3, 0.4) is 0 Å². The molecule has 0 aliphatic heterocycles. The van der Waals surface area contributed by atoms with E-state index < -0.39 is 0 Å². The topological polar surface area (TPSA) is 9.23 Å². The molecular formula is C16H20O. The highest BCUT2D eigenvalue weighted by Crippen LogP contribution is 2.34. The quantitative estimate of drug-likeness (QED) is 0.547. The second-order valence-electron chi connectivity index (χ2n) is 4.54. The summed E-state index contributed by atoms with van der Waals surface area (Å²) in [5.41, 5.74) is 1.41. The molecule has 2 atom stereocenters. The zero-order valence-corrected chi connectivity index (χ0v) is 10.2. The van der Waals surface area contributed by atoms with Gasteiger partial charge >= 0.3 is 0 Å². The third-order valence-corrected chi connectivity index (χ3v) is 3.40. The van der Waals surface area contributed by atoms with Gasteiger partial charge in [-0.3, -0.25) is 0 Å². The van der Waals surface area contributed by atoms with Crippen molar-refractivity contribution < 1.29 is 4.74 Å². The summed E-state index contributed by atoms with van der Waals surface area (Å²) < 4.78 is 5.84. The molecule has 0 heterocycles. The molecule has 0 N–H and O–H groups in total. The Morgan fingerprint density at radius 3 is 2.65 bits per heavy atom. The van der Waals surface area contributed by atoms with Crippen LogP contribution in [-0.2, 0) is 4.74 Å². The molecule has 90 valence electrons. The van der Waals surface area contributed by atoms with Gasteiger partial charge in [0.05, 0.1) is 6.26 Å². The number of benzene rings is 1. The Labute approximate surface area is 104 Å². The predicted octanol–water partition coefficient (Wildman–Crippen LogP) is 4.43. The van der Waals surface area contributed by atoms with Crippen molar-refractivity contribution in [2.75, 3.05) is 0 Å². The van der Waals surface area contributed by atoms with Gasteiger partial charge < -0.3 is 4.74 Å². The number of allylic oxidation sites excluding steroid dienone is 2. The Hall–Kier alpha value is -1.50. The van der Waals surface area contributed by atoms with Crippen molar-refractivity contribution in [3.8, 4) is 0 Å². The van der Waals surface area contributed by atoms with Crippen LogP contribution in [0.15, 0.2) is 55.3 Å². The van der Waals surface area contributed by atoms with Crippen molar-refractivity contribution in [2.24, 2.45) is 0 Å². The molecule has 0 saturated heterocycles. The molecule has 1 aliphatic carbocycles. The normalized spacial score (nSPS) is 24.7. The molecule has 1 aromatic rings. The second-order valence-corrected chi connectivity index (χ2v) is 4.54. The Kier molecular flexibility index (Phi) is 4.43. The van der Waals surface area contributed by atoms with E-state index in [0.717, 1.165) is 6.42 Å². The van der Waals surface area contributed by atoms with Crippen LogP contribution in [0.5, 0.6) is 0 Å². The molecule has 1 fully saturated rings. The van der Waals surface area contributed by atoms with Crippen molar-refractivity contribution in [3.05, 3.63) is 60.9 Å². The first kappa shape index (κ1) is 12.0. The SMILES string of the molecule is C=C/C=C\O[C@H]1CCCC[C@@H]1c1ccccc1. The van der Waals surface area contributed by atoms with Crippen LogP contribution in [0.1, 0.15) is 37.2 Å². The predicted molar refractivity (Wildman–Crippen MR) is 71.9 cm³/mol. The zero-order chi connectivity index (χ0) is 11.9. The number of rotatable bonds is 4. The summed E-state index contributed by atoms with van der Waals surface area (Å²) in [5, 5.41) is 0. The highest BCUT2D eigenvalue weighted by Gasteiger charge is 2.26. The fourth-order valence-electron chi connectivity index (χ4n) is 2.54. The summed E-state index contributed by atoms with van der Waals surface area (Å²) >= 11 is 0. The fourth-order valence-corrected chi connectivity index (χ4v) is 2.54. The van der Waals surface area contributed by atoms with E-state index in [9.17, 15) is 0 Å². The van der Waals surface area contributed by atoms with Gasteiger partial charge in [-0.1, -0.05) is 49.4 Å². The maximum absolute atomic E-state index is 5.84. The average Bonchev–Trinajstić information content (AvgIpc) is 2.41. The summed E-state index contributed by atoms with van der Waals surface area (Å²) in [6.07, 6.45) is 10.7. The smallest absolute Gasteiger partial charge is 0.105 e. The van der Waals surface area contributed by atoms with E-state index in [1.807, 2.05) is 6.08 Å². The molecule has 2 rings (SSSR count). The summed E-state index contributed by atoms with van der Waals surface area (Å²) in [6, 6.07) is 10.7. The minimum absolute atomic E-state index is 0.322. The molecule has 1 aromatic carbocycles. The Bertz CT molecular complexity index is 366. The maximum Gasteiger partial charge on any atom is 0.105 e. The molecule has 0 unspecified atom stereocenters. The van der Waals surface area contributed by atoms with Crippen LogP contribution in [0.2, 0.25) is 0 Å². The molecule has 0 spiro atoms. The number of hydrogen-bond donors (Lipinski definition) is 0. The minimum Gasteiger partial charge on any atom is -0.497 e. The van der Waals surface area contributed by atoms with Crippen LogP contribution in [-0.4, -0.2) is 6.10 Å². The van der Waals surface area contributed by atoms with E-state index in [1.54, 1.807) is 12.3 Å². The van der Waals surface area contributed by atoms with Crippen molar-refractivity contribution in [2.45, 2.75) is 37.7 Å². The third kappa shape index (κ3) is 3.23. The van der Waals surface area contributed by atoms with Gasteiger partial charge in [0, 0.05) is 5.92 Å². The van der Waals surface area contributed by atoms with Crippen LogP contribution >= 0.6 is 0 Å². The van der Waals surface area contributed by atoms with Gasteiger partial charge in [-0.25, -0.2) is 0 Å². The van der Waals surface area contributed by atoms with Crippen LogP contribution in [0, 0.1) is 0 Å². The first-order valence-corrected chi connectivity index (χ1v) is 6.40. The average molecular weight is 228 g/mol. The van der Waals surface area contributed by atoms with Gasteiger partial charge in [-0.05, 0) is 30.9 Å². The minimum atomic E-state index is 0.322. The van der Waals surface area contributed by atoms with E-state index in [1.165, 1.54) is 24.8 Å². The summed E-state index contributed by atoms with van der Waals surface area (Å²) in [5.74, 6) is 0.541. The largest absolute Gasteiger partial charge is 0.497 e. The fraction of sp³-hybridized carbons (Fsp3) is 0.375. The Balaban J connectivity index is 2.07. The van der Waals surface area contributed by atoms with Crippen molar-refractivity contribution in [1.29, 1.82) is 0 Å². The molecule has 1 aliphatic rings. The number of hydrogen-bond acceptors (Lipinski definition) is 1. The van der Waals surface area contributed by atoms with Crippen molar-refractivity contribution >= 4 is 0 Å². The van der Waals surface area contributed by atoms with E-state index >= 15 is 0 Å². The van der Waals surface area contributed by atoms with Gasteiger partial charge in [-0.15, -0.1) is 0 Å².